The molecule has 0 fully saturated rings. The van der Waals surface area contributed by atoms with Crippen LogP contribution < -0.4 is 0 Å². The Morgan fingerprint density at radius 2 is 1.04 bits per heavy atom. The van der Waals surface area contributed by atoms with Crippen molar-refractivity contribution in [1.29, 1.82) is 0 Å². The van der Waals surface area contributed by atoms with Crippen molar-refractivity contribution in [2.24, 2.45) is 0 Å². The molecule has 0 atom stereocenters. The summed E-state index contributed by atoms with van der Waals surface area (Å²) in [7, 11) is -6.69. The van der Waals surface area contributed by atoms with Gasteiger partial charge >= 0.3 is 11.9 Å². The highest BCUT2D eigenvalue weighted by Gasteiger charge is 2.18. The summed E-state index contributed by atoms with van der Waals surface area (Å²) in [6, 6.07) is 0. The molecule has 0 aromatic rings. The zero-order valence-corrected chi connectivity index (χ0v) is 16.8. The average Bonchev–Trinajstić information content (AvgIpc) is 2.56. The fourth-order valence-corrected chi connectivity index (χ4v) is 3.30. The van der Waals surface area contributed by atoms with Crippen molar-refractivity contribution in [3.05, 3.63) is 24.3 Å². The van der Waals surface area contributed by atoms with Crippen LogP contribution in [0.25, 0.3) is 0 Å². The van der Waals surface area contributed by atoms with Gasteiger partial charge < -0.3 is 9.47 Å². The molecule has 26 heavy (non-hydrogen) atoms. The Hall–Kier alpha value is -1.68. The lowest BCUT2D eigenvalue weighted by Gasteiger charge is -2.08. The van der Waals surface area contributed by atoms with Gasteiger partial charge in [-0.2, -0.15) is 0 Å². The fraction of sp³-hybridized carbons (Fsp3) is 0.625. The van der Waals surface area contributed by atoms with Gasteiger partial charge in [0.05, 0.1) is 24.7 Å². The standard InChI is InChI=1S/C16H26O8S2/c1-5-25(19,20)11-13(3)15(17)23-9-7-8-10-24-16(18)14(4)12-26(21,22)6-2/h3-12H2,1-2H3. The van der Waals surface area contributed by atoms with Gasteiger partial charge in [0.15, 0.2) is 19.7 Å². The molecular formula is C16H26O8S2. The summed E-state index contributed by atoms with van der Waals surface area (Å²) in [5.74, 6) is -2.62. The van der Waals surface area contributed by atoms with Crippen LogP contribution in [0.2, 0.25) is 0 Å². The van der Waals surface area contributed by atoms with Crippen molar-refractivity contribution in [3.63, 3.8) is 0 Å². The van der Waals surface area contributed by atoms with E-state index in [2.05, 4.69) is 13.2 Å². The maximum Gasteiger partial charge on any atom is 0.334 e. The first-order valence-corrected chi connectivity index (χ1v) is 11.7. The van der Waals surface area contributed by atoms with Gasteiger partial charge in [0.25, 0.3) is 0 Å². The lowest BCUT2D eigenvalue weighted by molar-refractivity contribution is -0.141. The Balaban J connectivity index is 4.01. The summed E-state index contributed by atoms with van der Waals surface area (Å²) < 4.78 is 55.3. The molecule has 0 radical (unpaired) electrons. The topological polar surface area (TPSA) is 121 Å². The van der Waals surface area contributed by atoms with Crippen molar-refractivity contribution in [3.8, 4) is 0 Å². The summed E-state index contributed by atoms with van der Waals surface area (Å²) in [5.41, 5.74) is -0.265. The molecule has 0 saturated carbocycles. The molecule has 0 heterocycles. The number of carbonyl (C=O) groups excluding carboxylic acids is 2. The third-order valence-corrected chi connectivity index (χ3v) is 6.59. The van der Waals surface area contributed by atoms with Crippen LogP contribution in [-0.4, -0.2) is 65.0 Å². The van der Waals surface area contributed by atoms with Gasteiger partial charge in [0.1, 0.15) is 0 Å². The monoisotopic (exact) mass is 410 g/mol. The Morgan fingerprint density at radius 3 is 1.31 bits per heavy atom. The summed E-state index contributed by atoms with van der Waals surface area (Å²) in [5, 5.41) is 0. The Bertz CT molecular complexity index is 668. The van der Waals surface area contributed by atoms with E-state index in [0.717, 1.165) is 0 Å². The minimum Gasteiger partial charge on any atom is -0.462 e. The van der Waals surface area contributed by atoms with Crippen molar-refractivity contribution in [1.82, 2.24) is 0 Å². The Kier molecular flexibility index (Phi) is 10.4. The van der Waals surface area contributed by atoms with E-state index < -0.39 is 43.1 Å². The summed E-state index contributed by atoms with van der Waals surface area (Å²) in [6.45, 7) is 9.79. The number of esters is 2. The Morgan fingerprint density at radius 1 is 0.731 bits per heavy atom. The number of rotatable bonds is 13. The number of hydrogen-bond acceptors (Lipinski definition) is 8. The smallest absolute Gasteiger partial charge is 0.334 e. The Labute approximate surface area is 155 Å². The molecule has 0 unspecified atom stereocenters. The van der Waals surface area contributed by atoms with Crippen LogP contribution in [0.5, 0.6) is 0 Å². The van der Waals surface area contributed by atoms with Crippen molar-refractivity contribution in [2.75, 3.05) is 36.2 Å². The second kappa shape index (κ2) is 11.1. The molecule has 0 bridgehead atoms. The minimum atomic E-state index is -3.34. The molecule has 0 spiro atoms. The molecule has 0 N–H and O–H groups in total. The first kappa shape index (κ1) is 24.3. The van der Waals surface area contributed by atoms with E-state index in [1.54, 1.807) is 0 Å². The third-order valence-electron chi connectivity index (χ3n) is 3.25. The maximum atomic E-state index is 11.6. The maximum absolute atomic E-state index is 11.6. The van der Waals surface area contributed by atoms with E-state index in [4.69, 9.17) is 9.47 Å². The van der Waals surface area contributed by atoms with E-state index in [0.29, 0.717) is 12.8 Å². The largest absolute Gasteiger partial charge is 0.462 e. The van der Waals surface area contributed by atoms with Crippen LogP contribution in [0.3, 0.4) is 0 Å². The predicted octanol–water partition coefficient (Wildman–Crippen LogP) is 0.835. The second-order valence-electron chi connectivity index (χ2n) is 5.54. The highest BCUT2D eigenvalue weighted by molar-refractivity contribution is 7.91. The molecule has 0 aromatic carbocycles. The quantitative estimate of drug-likeness (QED) is 0.249. The van der Waals surface area contributed by atoms with Gasteiger partial charge in [-0.1, -0.05) is 27.0 Å². The molecule has 0 amide bonds. The van der Waals surface area contributed by atoms with E-state index in [9.17, 15) is 26.4 Å². The lowest BCUT2D eigenvalue weighted by Crippen LogP contribution is -2.19. The highest BCUT2D eigenvalue weighted by atomic mass is 32.2. The third kappa shape index (κ3) is 10.3. The van der Waals surface area contributed by atoms with E-state index >= 15 is 0 Å². The zero-order valence-electron chi connectivity index (χ0n) is 15.2. The summed E-state index contributed by atoms with van der Waals surface area (Å²) >= 11 is 0. The molecule has 8 nitrogen and oxygen atoms in total. The first-order chi connectivity index (χ1) is 11.9. The normalized spacial score (nSPS) is 11.6. The van der Waals surface area contributed by atoms with E-state index in [1.807, 2.05) is 0 Å². The van der Waals surface area contributed by atoms with Gasteiger partial charge in [-0.3, -0.25) is 0 Å². The predicted molar refractivity (Wildman–Crippen MR) is 98.1 cm³/mol. The molecule has 0 aliphatic rings. The lowest BCUT2D eigenvalue weighted by atomic mass is 10.3. The van der Waals surface area contributed by atoms with Gasteiger partial charge in [-0.05, 0) is 12.8 Å². The number of sulfone groups is 2. The van der Waals surface area contributed by atoms with Gasteiger partial charge in [0, 0.05) is 22.7 Å². The van der Waals surface area contributed by atoms with Crippen LogP contribution in [0.1, 0.15) is 26.7 Å². The molecule has 0 aliphatic carbocycles. The summed E-state index contributed by atoms with van der Waals surface area (Å²) in [4.78, 5) is 23.2. The van der Waals surface area contributed by atoms with E-state index in [1.165, 1.54) is 13.8 Å². The SMILES string of the molecule is C=C(CS(=O)(=O)CC)C(=O)OCCCCOC(=O)C(=C)CS(=O)(=O)CC. The number of hydrogen-bond donors (Lipinski definition) is 0. The number of carbonyl (C=O) groups is 2. The van der Waals surface area contributed by atoms with Gasteiger partial charge in [-0.15, -0.1) is 0 Å². The van der Waals surface area contributed by atoms with Crippen LogP contribution in [0.4, 0.5) is 0 Å². The van der Waals surface area contributed by atoms with Crippen LogP contribution in [0, 0.1) is 0 Å². The van der Waals surface area contributed by atoms with Crippen LogP contribution in [0.15, 0.2) is 24.3 Å². The molecule has 150 valence electrons. The first-order valence-electron chi connectivity index (χ1n) is 8.04. The molecule has 0 aliphatic heterocycles. The minimum absolute atomic E-state index is 0.0206. The van der Waals surface area contributed by atoms with E-state index in [-0.39, 0.29) is 35.9 Å². The van der Waals surface area contributed by atoms with Crippen molar-refractivity contribution in [2.45, 2.75) is 26.7 Å². The van der Waals surface area contributed by atoms with Gasteiger partial charge in [0.2, 0.25) is 0 Å². The molecule has 10 heteroatoms. The van der Waals surface area contributed by atoms with Crippen molar-refractivity contribution >= 4 is 31.6 Å². The van der Waals surface area contributed by atoms with Crippen LogP contribution in [-0.2, 0) is 38.7 Å². The second-order valence-corrected chi connectivity index (χ2v) is 10.2. The van der Waals surface area contributed by atoms with Crippen LogP contribution >= 0.6 is 0 Å². The molecule has 0 saturated heterocycles. The molecule has 0 aromatic heterocycles. The highest BCUT2D eigenvalue weighted by Crippen LogP contribution is 2.05. The van der Waals surface area contributed by atoms with Crippen molar-refractivity contribution < 1.29 is 35.9 Å². The molecule has 0 rings (SSSR count). The summed E-state index contributed by atoms with van der Waals surface area (Å²) in [6.07, 6.45) is 0.763. The molecular weight excluding hydrogens is 384 g/mol. The zero-order chi connectivity index (χ0) is 20.4. The fourth-order valence-electron chi connectivity index (χ4n) is 1.59. The average molecular weight is 411 g/mol. The van der Waals surface area contributed by atoms with Gasteiger partial charge in [-0.25, -0.2) is 26.4 Å². The number of ether oxygens (including phenoxy) is 2. The number of unbranched alkanes of at least 4 members (excludes halogenated alkanes) is 1.